The highest BCUT2D eigenvalue weighted by Crippen LogP contribution is 1.91. The van der Waals surface area contributed by atoms with Crippen LogP contribution in [0.25, 0.3) is 0 Å². The Morgan fingerprint density at radius 1 is 2.00 bits per heavy atom. The van der Waals surface area contributed by atoms with Crippen LogP contribution in [0.5, 0.6) is 0 Å². The van der Waals surface area contributed by atoms with Gasteiger partial charge in [-0.2, -0.15) is 0 Å². The molecule has 0 aromatic rings. The van der Waals surface area contributed by atoms with Gasteiger partial charge in [-0.3, -0.25) is 0 Å². The molecule has 1 N–H and O–H groups in total. The largest absolute Gasteiger partial charge is 0.330 e. The Bertz CT molecular complexity index is 99.9. The normalized spacial score (nSPS) is 17.2. The molecule has 1 rings (SSSR count). The van der Waals surface area contributed by atoms with Crippen LogP contribution in [0.4, 0.5) is 0 Å². The lowest BCUT2D eigenvalue weighted by Gasteiger charge is -1.58. The molecule has 0 amide bonds. The summed E-state index contributed by atoms with van der Waals surface area (Å²) in [5.74, 6) is 0. The van der Waals surface area contributed by atoms with Crippen molar-refractivity contribution in [1.29, 1.82) is 0 Å². The Hall–Kier alpha value is -0.860. The first-order valence-electron chi connectivity index (χ1n) is 1.72. The molecule has 1 radical (unpaired) electrons. The van der Waals surface area contributed by atoms with E-state index in [4.69, 9.17) is 0 Å². The summed E-state index contributed by atoms with van der Waals surface area (Å²) in [6, 6.07) is 0. The van der Waals surface area contributed by atoms with Gasteiger partial charge in [0, 0.05) is 0 Å². The molecule has 1 aliphatic rings. The van der Waals surface area contributed by atoms with Gasteiger partial charge in [0.15, 0.2) is 0 Å². The molecule has 0 atom stereocenters. The van der Waals surface area contributed by atoms with E-state index in [-0.39, 0.29) is 0 Å². The van der Waals surface area contributed by atoms with E-state index in [1.165, 1.54) is 0 Å². The highest BCUT2D eigenvalue weighted by molar-refractivity contribution is 4.93. The first kappa shape index (κ1) is 3.33. The predicted octanol–water partition coefficient (Wildman–Crippen LogP) is 0.154. The third-order valence-corrected chi connectivity index (χ3v) is 0.539. The number of hydrogen-bond donors (Lipinski definition) is 1. The lowest BCUT2D eigenvalue weighted by molar-refractivity contribution is 0.804. The second-order valence-corrected chi connectivity index (χ2v) is 1.11. The van der Waals surface area contributed by atoms with Crippen LogP contribution in [0.3, 0.4) is 0 Å². The van der Waals surface area contributed by atoms with Gasteiger partial charge >= 0.3 is 5.22 Å². The van der Waals surface area contributed by atoms with E-state index in [1.807, 2.05) is 6.92 Å². The van der Waals surface area contributed by atoms with Crippen LogP contribution in [0.2, 0.25) is 0 Å². The first-order chi connectivity index (χ1) is 2.89. The Morgan fingerprint density at radius 3 is 3.00 bits per heavy atom. The minimum Gasteiger partial charge on any atom is -0.0764 e. The number of allylic oxidation sites excluding steroid dienone is 1. The Balaban J connectivity index is 2.68. The average Bonchev–Trinajstić information content (AvgIpc) is 1.86. The summed E-state index contributed by atoms with van der Waals surface area (Å²) < 4.78 is 0. The first-order valence-corrected chi connectivity index (χ1v) is 1.72. The van der Waals surface area contributed by atoms with Gasteiger partial charge < -0.3 is 0 Å². The average molecular weight is 83.1 g/mol. The fourth-order valence-corrected chi connectivity index (χ4v) is 0.259. The van der Waals surface area contributed by atoms with E-state index in [0.29, 0.717) is 0 Å². The van der Waals surface area contributed by atoms with E-state index < -0.39 is 0 Å². The maximum absolute atomic E-state index is 3.61. The molecule has 0 saturated heterocycles. The fourth-order valence-electron chi connectivity index (χ4n) is 0.259. The summed E-state index contributed by atoms with van der Waals surface area (Å²) in [4.78, 5) is 0. The molecule has 3 nitrogen and oxygen atoms in total. The maximum Gasteiger partial charge on any atom is 0.330 e. The zero-order valence-corrected chi connectivity index (χ0v) is 3.47. The standard InChI is InChI=1S/C3H5N3/c1-3-2-4-6-5-3/h2H,1H3,(H,4,5)/q+1. The second kappa shape index (κ2) is 1.08. The van der Waals surface area contributed by atoms with Gasteiger partial charge in [-0.25, -0.2) is 0 Å². The number of nitrogens with one attached hydrogen (secondary N) is 1. The zero-order chi connectivity index (χ0) is 4.41. The van der Waals surface area contributed by atoms with Gasteiger partial charge in [-0.05, 0) is 6.92 Å². The predicted molar refractivity (Wildman–Crippen MR) is 21.5 cm³/mol. The molecule has 6 heavy (non-hydrogen) atoms. The molecule has 0 aromatic heterocycles. The minimum atomic E-state index is 0.926. The van der Waals surface area contributed by atoms with Crippen molar-refractivity contribution in [2.75, 3.05) is 0 Å². The maximum atomic E-state index is 3.61. The molecule has 0 fully saturated rings. The molecular formula is C3H5N3+. The Morgan fingerprint density at radius 2 is 2.83 bits per heavy atom. The summed E-state index contributed by atoms with van der Waals surface area (Å²) in [5, 5.41) is 7.06. The lowest BCUT2D eigenvalue weighted by Crippen LogP contribution is -1.98. The van der Waals surface area contributed by atoms with Gasteiger partial charge in [-0.1, -0.05) is 5.43 Å². The van der Waals surface area contributed by atoms with Gasteiger partial charge in [0.25, 0.3) is 0 Å². The molecule has 0 bridgehead atoms. The van der Waals surface area contributed by atoms with Gasteiger partial charge in [-0.15, -0.1) is 0 Å². The Kier molecular flexibility index (Phi) is 0.602. The molecule has 0 aromatic carbocycles. The van der Waals surface area contributed by atoms with E-state index in [9.17, 15) is 0 Å². The number of hydrogen-bond acceptors (Lipinski definition) is 3. The van der Waals surface area contributed by atoms with E-state index >= 15 is 0 Å². The highest BCUT2D eigenvalue weighted by atomic mass is 15.4. The zero-order valence-electron chi connectivity index (χ0n) is 3.47. The SMILES string of the molecule is CC1=CN[N+]=N1. The summed E-state index contributed by atoms with van der Waals surface area (Å²) >= 11 is 0. The molecule has 0 aliphatic carbocycles. The molecule has 0 saturated carbocycles. The minimum absolute atomic E-state index is 0.926. The third-order valence-electron chi connectivity index (χ3n) is 0.539. The van der Waals surface area contributed by atoms with Crippen molar-refractivity contribution in [2.45, 2.75) is 6.92 Å². The lowest BCUT2D eigenvalue weighted by atomic mass is 10.6. The molecule has 1 heterocycles. The van der Waals surface area contributed by atoms with Crippen LogP contribution in [-0.2, 0) is 0 Å². The van der Waals surface area contributed by atoms with E-state index in [0.717, 1.165) is 5.70 Å². The molecule has 0 spiro atoms. The molecule has 3 heteroatoms. The summed E-state index contributed by atoms with van der Waals surface area (Å²) in [5.41, 5.74) is 3.49. The fraction of sp³-hybridized carbons (Fsp3) is 0.333. The van der Waals surface area contributed by atoms with E-state index in [1.54, 1.807) is 6.20 Å². The summed E-state index contributed by atoms with van der Waals surface area (Å²) in [7, 11) is 0. The van der Waals surface area contributed by atoms with Crippen molar-refractivity contribution in [3.05, 3.63) is 11.9 Å². The van der Waals surface area contributed by atoms with Crippen molar-refractivity contribution in [3.8, 4) is 0 Å². The molecule has 0 unspecified atom stereocenters. The van der Waals surface area contributed by atoms with Crippen molar-refractivity contribution in [3.63, 3.8) is 0 Å². The van der Waals surface area contributed by atoms with Crippen molar-refractivity contribution in [2.24, 2.45) is 5.11 Å². The van der Waals surface area contributed by atoms with Crippen LogP contribution >= 0.6 is 0 Å². The van der Waals surface area contributed by atoms with Gasteiger partial charge in [0.05, 0.1) is 11.3 Å². The quantitative estimate of drug-likeness (QED) is 0.445. The van der Waals surface area contributed by atoms with Crippen LogP contribution < -0.4 is 10.6 Å². The smallest absolute Gasteiger partial charge is 0.0764 e. The molecule has 1 aliphatic heterocycles. The monoisotopic (exact) mass is 83.0 g/mol. The highest BCUT2D eigenvalue weighted by Gasteiger charge is 2.00. The summed E-state index contributed by atoms with van der Waals surface area (Å²) in [6.07, 6.45) is 1.74. The van der Waals surface area contributed by atoms with Crippen LogP contribution in [0.15, 0.2) is 17.0 Å². The molecule has 31 valence electrons. The Labute approximate surface area is 35.7 Å². The van der Waals surface area contributed by atoms with Gasteiger partial charge in [0.1, 0.15) is 5.70 Å². The third kappa shape index (κ3) is 0.381. The van der Waals surface area contributed by atoms with Crippen molar-refractivity contribution < 1.29 is 0 Å². The van der Waals surface area contributed by atoms with Crippen molar-refractivity contribution >= 4 is 0 Å². The number of rotatable bonds is 0. The van der Waals surface area contributed by atoms with E-state index in [2.05, 4.69) is 15.8 Å². The second-order valence-electron chi connectivity index (χ2n) is 1.11. The van der Waals surface area contributed by atoms with Crippen LogP contribution in [-0.4, -0.2) is 0 Å². The number of nitrogens with zero attached hydrogens (tertiary/aromatic N) is 2. The van der Waals surface area contributed by atoms with Gasteiger partial charge in [0.2, 0.25) is 0 Å². The van der Waals surface area contributed by atoms with Crippen LogP contribution in [0.1, 0.15) is 6.92 Å². The van der Waals surface area contributed by atoms with Crippen molar-refractivity contribution in [1.82, 2.24) is 10.6 Å². The summed E-state index contributed by atoms with van der Waals surface area (Å²) in [6.45, 7) is 1.88. The topological polar surface area (TPSA) is 38.5 Å². The molecular weight excluding hydrogens is 78.1 g/mol. The van der Waals surface area contributed by atoms with Crippen LogP contribution in [0, 0.1) is 0 Å².